The van der Waals surface area contributed by atoms with Gasteiger partial charge in [0.1, 0.15) is 0 Å². The molecule has 4 nitrogen and oxygen atoms in total. The molecule has 0 aliphatic heterocycles. The van der Waals surface area contributed by atoms with Gasteiger partial charge in [0.15, 0.2) is 11.5 Å². The van der Waals surface area contributed by atoms with Crippen molar-refractivity contribution in [2.45, 2.75) is 12.8 Å². The van der Waals surface area contributed by atoms with E-state index in [4.69, 9.17) is 21.1 Å². The summed E-state index contributed by atoms with van der Waals surface area (Å²) in [6.07, 6.45) is 0.972. The zero-order valence-corrected chi connectivity index (χ0v) is 15.2. The SMILES string of the molecule is COc1ccc(CCC(=O)Nc2ccc(Br)c(Cl)c2)cc1OC. The van der Waals surface area contributed by atoms with Crippen molar-refractivity contribution >= 4 is 39.1 Å². The Morgan fingerprint density at radius 2 is 1.87 bits per heavy atom. The standard InChI is InChI=1S/C17H17BrClNO3/c1-22-15-7-3-11(9-16(15)23-2)4-8-17(21)20-12-5-6-13(18)14(19)10-12/h3,5-7,9-10H,4,8H2,1-2H3,(H,20,21). The zero-order valence-electron chi connectivity index (χ0n) is 12.9. The minimum atomic E-state index is -0.0711. The van der Waals surface area contributed by atoms with Crippen LogP contribution in [0.25, 0.3) is 0 Å². The van der Waals surface area contributed by atoms with Crippen LogP contribution in [0.15, 0.2) is 40.9 Å². The minimum Gasteiger partial charge on any atom is -0.493 e. The highest BCUT2D eigenvalue weighted by molar-refractivity contribution is 9.10. The smallest absolute Gasteiger partial charge is 0.224 e. The number of carbonyl (C=O) groups excluding carboxylic acids is 1. The highest BCUT2D eigenvalue weighted by Gasteiger charge is 2.08. The molecule has 0 saturated heterocycles. The molecule has 0 atom stereocenters. The number of ether oxygens (including phenoxy) is 2. The van der Waals surface area contributed by atoms with E-state index in [9.17, 15) is 4.79 Å². The van der Waals surface area contributed by atoms with Crippen LogP contribution in [-0.4, -0.2) is 20.1 Å². The highest BCUT2D eigenvalue weighted by Crippen LogP contribution is 2.28. The third-order valence-corrected chi connectivity index (χ3v) is 4.52. The fourth-order valence-electron chi connectivity index (χ4n) is 2.09. The van der Waals surface area contributed by atoms with Gasteiger partial charge in [-0.25, -0.2) is 0 Å². The van der Waals surface area contributed by atoms with Gasteiger partial charge in [-0.05, 0) is 58.2 Å². The predicted molar refractivity (Wildman–Crippen MR) is 95.6 cm³/mol. The molecule has 1 amide bonds. The molecular formula is C17H17BrClNO3. The van der Waals surface area contributed by atoms with Crippen LogP contribution in [-0.2, 0) is 11.2 Å². The summed E-state index contributed by atoms with van der Waals surface area (Å²) in [4.78, 5) is 12.0. The number of aryl methyl sites for hydroxylation is 1. The number of halogens is 2. The molecule has 0 radical (unpaired) electrons. The van der Waals surface area contributed by atoms with Gasteiger partial charge in [-0.3, -0.25) is 4.79 Å². The largest absolute Gasteiger partial charge is 0.493 e. The normalized spacial score (nSPS) is 10.3. The lowest BCUT2D eigenvalue weighted by molar-refractivity contribution is -0.116. The summed E-state index contributed by atoms with van der Waals surface area (Å²) in [7, 11) is 3.18. The van der Waals surface area contributed by atoms with Crippen molar-refractivity contribution in [2.24, 2.45) is 0 Å². The zero-order chi connectivity index (χ0) is 16.8. The lowest BCUT2D eigenvalue weighted by Gasteiger charge is -2.10. The third-order valence-electron chi connectivity index (χ3n) is 3.29. The molecule has 2 aromatic rings. The fraction of sp³-hybridized carbons (Fsp3) is 0.235. The lowest BCUT2D eigenvalue weighted by Crippen LogP contribution is -2.12. The van der Waals surface area contributed by atoms with Crippen LogP contribution in [0.2, 0.25) is 5.02 Å². The molecular weight excluding hydrogens is 382 g/mol. The number of amides is 1. The molecule has 0 bridgehead atoms. The van der Waals surface area contributed by atoms with E-state index in [1.807, 2.05) is 18.2 Å². The summed E-state index contributed by atoms with van der Waals surface area (Å²) in [6, 6.07) is 10.9. The van der Waals surface area contributed by atoms with Gasteiger partial charge in [-0.2, -0.15) is 0 Å². The summed E-state index contributed by atoms with van der Waals surface area (Å²) in [5, 5.41) is 3.39. The summed E-state index contributed by atoms with van der Waals surface area (Å²) < 4.78 is 11.2. The quantitative estimate of drug-likeness (QED) is 0.768. The molecule has 6 heteroatoms. The number of anilines is 1. The molecule has 0 unspecified atom stereocenters. The first-order valence-electron chi connectivity index (χ1n) is 6.99. The average molecular weight is 399 g/mol. The van der Waals surface area contributed by atoms with Crippen molar-refractivity contribution in [1.29, 1.82) is 0 Å². The van der Waals surface area contributed by atoms with Gasteiger partial charge in [0.05, 0.1) is 19.2 Å². The van der Waals surface area contributed by atoms with E-state index >= 15 is 0 Å². The molecule has 23 heavy (non-hydrogen) atoms. The fourth-order valence-corrected chi connectivity index (χ4v) is 2.52. The Hall–Kier alpha value is -1.72. The Balaban J connectivity index is 1.95. The maximum Gasteiger partial charge on any atom is 0.224 e. The van der Waals surface area contributed by atoms with Crippen molar-refractivity contribution in [3.8, 4) is 11.5 Å². The Labute approximate surface area is 148 Å². The van der Waals surface area contributed by atoms with E-state index in [-0.39, 0.29) is 5.91 Å². The van der Waals surface area contributed by atoms with Gasteiger partial charge in [-0.1, -0.05) is 17.7 Å². The number of rotatable bonds is 6. The minimum absolute atomic E-state index is 0.0711. The molecule has 2 aromatic carbocycles. The highest BCUT2D eigenvalue weighted by atomic mass is 79.9. The Bertz CT molecular complexity index is 706. The summed E-state index contributed by atoms with van der Waals surface area (Å²) in [5.41, 5.74) is 1.68. The van der Waals surface area contributed by atoms with Crippen LogP contribution >= 0.6 is 27.5 Å². The molecule has 0 heterocycles. The molecule has 0 aliphatic rings. The molecule has 0 aromatic heterocycles. The molecule has 122 valence electrons. The van der Waals surface area contributed by atoms with Crippen LogP contribution in [0.3, 0.4) is 0 Å². The first-order valence-corrected chi connectivity index (χ1v) is 8.16. The Kier molecular flexibility index (Phi) is 6.30. The van der Waals surface area contributed by atoms with E-state index in [1.165, 1.54) is 0 Å². The van der Waals surface area contributed by atoms with Gasteiger partial charge >= 0.3 is 0 Å². The second-order valence-electron chi connectivity index (χ2n) is 4.87. The first-order chi connectivity index (χ1) is 11.0. The lowest BCUT2D eigenvalue weighted by atomic mass is 10.1. The predicted octanol–water partition coefficient (Wildman–Crippen LogP) is 4.69. The van der Waals surface area contributed by atoms with E-state index in [2.05, 4.69) is 21.2 Å². The molecule has 0 spiro atoms. The maximum absolute atomic E-state index is 12.0. The number of methoxy groups -OCH3 is 2. The number of hydrogen-bond acceptors (Lipinski definition) is 3. The van der Waals surface area contributed by atoms with E-state index in [0.717, 1.165) is 10.0 Å². The third kappa shape index (κ3) is 4.88. The second kappa shape index (κ2) is 8.22. The number of hydrogen-bond donors (Lipinski definition) is 1. The first kappa shape index (κ1) is 17.6. The molecule has 0 saturated carbocycles. The number of carbonyl (C=O) groups is 1. The van der Waals surface area contributed by atoms with E-state index < -0.39 is 0 Å². The summed E-state index contributed by atoms with van der Waals surface area (Å²) in [5.74, 6) is 1.26. The summed E-state index contributed by atoms with van der Waals surface area (Å²) >= 11 is 9.32. The Morgan fingerprint density at radius 1 is 1.13 bits per heavy atom. The molecule has 1 N–H and O–H groups in total. The average Bonchev–Trinajstić information content (AvgIpc) is 2.56. The Morgan fingerprint density at radius 3 is 2.52 bits per heavy atom. The number of benzene rings is 2. The molecule has 2 rings (SSSR count). The van der Waals surface area contributed by atoms with Crippen molar-refractivity contribution < 1.29 is 14.3 Å². The van der Waals surface area contributed by atoms with Gasteiger partial charge in [0.2, 0.25) is 5.91 Å². The van der Waals surface area contributed by atoms with Crippen molar-refractivity contribution in [2.75, 3.05) is 19.5 Å². The second-order valence-corrected chi connectivity index (χ2v) is 6.13. The van der Waals surface area contributed by atoms with Crippen LogP contribution < -0.4 is 14.8 Å². The van der Waals surface area contributed by atoms with Crippen LogP contribution in [0.1, 0.15) is 12.0 Å². The van der Waals surface area contributed by atoms with Crippen molar-refractivity contribution in [3.63, 3.8) is 0 Å². The van der Waals surface area contributed by atoms with Gasteiger partial charge in [0.25, 0.3) is 0 Å². The van der Waals surface area contributed by atoms with Gasteiger partial charge < -0.3 is 14.8 Å². The van der Waals surface area contributed by atoms with E-state index in [1.54, 1.807) is 32.4 Å². The van der Waals surface area contributed by atoms with Crippen LogP contribution in [0.4, 0.5) is 5.69 Å². The van der Waals surface area contributed by atoms with Crippen LogP contribution in [0.5, 0.6) is 11.5 Å². The van der Waals surface area contributed by atoms with E-state index in [0.29, 0.717) is 35.1 Å². The van der Waals surface area contributed by atoms with Crippen LogP contribution in [0, 0.1) is 0 Å². The molecule has 0 aliphatic carbocycles. The summed E-state index contributed by atoms with van der Waals surface area (Å²) in [6.45, 7) is 0. The molecule has 0 fully saturated rings. The van der Waals surface area contributed by atoms with Gasteiger partial charge in [0, 0.05) is 16.6 Å². The maximum atomic E-state index is 12.0. The monoisotopic (exact) mass is 397 g/mol. The van der Waals surface area contributed by atoms with Crippen molar-refractivity contribution in [1.82, 2.24) is 0 Å². The topological polar surface area (TPSA) is 47.6 Å². The van der Waals surface area contributed by atoms with Crippen molar-refractivity contribution in [3.05, 3.63) is 51.5 Å². The number of nitrogens with one attached hydrogen (secondary N) is 1. The van der Waals surface area contributed by atoms with Gasteiger partial charge in [-0.15, -0.1) is 0 Å².